The number of hydrogen-bond acceptors (Lipinski definition) is 5. The van der Waals surface area contributed by atoms with Gasteiger partial charge in [-0.3, -0.25) is 4.79 Å². The molecule has 0 aliphatic carbocycles. The summed E-state index contributed by atoms with van der Waals surface area (Å²) < 4.78 is 12.5. The topological polar surface area (TPSA) is 73.9 Å². The van der Waals surface area contributed by atoms with Crippen molar-refractivity contribution >= 4 is 44.8 Å². The summed E-state index contributed by atoms with van der Waals surface area (Å²) in [6, 6.07) is 13.4. The van der Waals surface area contributed by atoms with E-state index in [9.17, 15) is 4.79 Å². The van der Waals surface area contributed by atoms with Crippen molar-refractivity contribution in [1.29, 1.82) is 0 Å². The molecule has 1 aliphatic heterocycles. The third-order valence-corrected chi connectivity index (χ3v) is 4.89. The van der Waals surface area contributed by atoms with E-state index in [2.05, 4.69) is 20.9 Å². The molecule has 5 nitrogen and oxygen atoms in total. The molecule has 1 heterocycles. The summed E-state index contributed by atoms with van der Waals surface area (Å²) in [6.45, 7) is 2.80. The van der Waals surface area contributed by atoms with Gasteiger partial charge in [0, 0.05) is 10.0 Å². The number of para-hydroxylation sites is 1. The molecule has 26 heavy (non-hydrogen) atoms. The Hall–Kier alpha value is -2.25. The fourth-order valence-corrected chi connectivity index (χ4v) is 3.40. The van der Waals surface area contributed by atoms with Crippen molar-refractivity contribution in [1.82, 2.24) is 0 Å². The number of aliphatic imine (C=N–C) groups is 1. The first kappa shape index (κ1) is 18.5. The van der Waals surface area contributed by atoms with Crippen molar-refractivity contribution in [2.75, 3.05) is 13.2 Å². The molecule has 134 valence electrons. The van der Waals surface area contributed by atoms with E-state index in [1.807, 2.05) is 49.4 Å². The third kappa shape index (κ3) is 4.68. The van der Waals surface area contributed by atoms with E-state index in [1.54, 1.807) is 6.08 Å². The lowest BCUT2D eigenvalue weighted by molar-refractivity contribution is -0.113. The second-order valence-electron chi connectivity index (χ2n) is 5.51. The van der Waals surface area contributed by atoms with Gasteiger partial charge in [-0.05, 0) is 54.6 Å². The Balaban J connectivity index is 1.66. The maximum atomic E-state index is 11.8. The number of thioether (sulfide) groups is 1. The minimum absolute atomic E-state index is 0.255. The highest BCUT2D eigenvalue weighted by Gasteiger charge is 2.20. The fraction of sp³-hybridized carbons (Fsp3) is 0.158. The average Bonchev–Trinajstić information content (AvgIpc) is 2.92. The SMILES string of the molecule is Cc1ccccc1OCCOc1ccc(Br)cc1C=C1SC(N)=NC1=O. The van der Waals surface area contributed by atoms with Gasteiger partial charge in [-0.2, -0.15) is 4.99 Å². The van der Waals surface area contributed by atoms with Crippen LogP contribution in [-0.2, 0) is 4.79 Å². The molecule has 1 aliphatic rings. The van der Waals surface area contributed by atoms with Gasteiger partial charge in [-0.25, -0.2) is 0 Å². The van der Waals surface area contributed by atoms with Crippen LogP contribution >= 0.6 is 27.7 Å². The Morgan fingerprint density at radius 2 is 1.88 bits per heavy atom. The van der Waals surface area contributed by atoms with Gasteiger partial charge in [0.1, 0.15) is 24.7 Å². The number of nitrogens with zero attached hydrogens (tertiary/aromatic N) is 1. The van der Waals surface area contributed by atoms with Crippen LogP contribution in [0, 0.1) is 6.92 Å². The van der Waals surface area contributed by atoms with Crippen molar-refractivity contribution in [3.05, 3.63) is 63.0 Å². The lowest BCUT2D eigenvalue weighted by Gasteiger charge is -2.12. The van der Waals surface area contributed by atoms with E-state index in [0.29, 0.717) is 23.9 Å². The van der Waals surface area contributed by atoms with Crippen LogP contribution in [0.1, 0.15) is 11.1 Å². The lowest BCUT2D eigenvalue weighted by atomic mass is 10.2. The number of benzene rings is 2. The molecule has 2 aromatic carbocycles. The lowest BCUT2D eigenvalue weighted by Crippen LogP contribution is -2.10. The summed E-state index contributed by atoms with van der Waals surface area (Å²) >= 11 is 4.59. The Labute approximate surface area is 164 Å². The van der Waals surface area contributed by atoms with Crippen LogP contribution in [0.3, 0.4) is 0 Å². The molecule has 0 fully saturated rings. The molecule has 0 saturated heterocycles. The van der Waals surface area contributed by atoms with Gasteiger partial charge in [0.25, 0.3) is 5.91 Å². The van der Waals surface area contributed by atoms with Gasteiger partial charge in [-0.1, -0.05) is 34.1 Å². The number of carbonyl (C=O) groups excluding carboxylic acids is 1. The van der Waals surface area contributed by atoms with Crippen molar-refractivity contribution < 1.29 is 14.3 Å². The van der Waals surface area contributed by atoms with Crippen LogP contribution in [0.25, 0.3) is 6.08 Å². The smallest absolute Gasteiger partial charge is 0.286 e. The number of amidine groups is 1. The summed E-state index contributed by atoms with van der Waals surface area (Å²) in [5.41, 5.74) is 7.45. The number of aryl methyl sites for hydroxylation is 1. The van der Waals surface area contributed by atoms with Crippen LogP contribution in [0.2, 0.25) is 0 Å². The van der Waals surface area contributed by atoms with Crippen LogP contribution in [-0.4, -0.2) is 24.3 Å². The van der Waals surface area contributed by atoms with Crippen LogP contribution in [0.4, 0.5) is 0 Å². The van der Waals surface area contributed by atoms with Gasteiger partial charge in [-0.15, -0.1) is 0 Å². The minimum Gasteiger partial charge on any atom is -0.490 e. The highest BCUT2D eigenvalue weighted by Crippen LogP contribution is 2.31. The average molecular weight is 433 g/mol. The fourth-order valence-electron chi connectivity index (χ4n) is 2.35. The zero-order valence-electron chi connectivity index (χ0n) is 14.1. The molecule has 1 amide bonds. The van der Waals surface area contributed by atoms with Crippen LogP contribution in [0.5, 0.6) is 11.5 Å². The number of nitrogens with two attached hydrogens (primary N) is 1. The van der Waals surface area contributed by atoms with Crippen molar-refractivity contribution in [2.24, 2.45) is 10.7 Å². The quantitative estimate of drug-likeness (QED) is 0.548. The molecule has 0 unspecified atom stereocenters. The number of amides is 1. The van der Waals surface area contributed by atoms with Crippen LogP contribution < -0.4 is 15.2 Å². The zero-order chi connectivity index (χ0) is 18.5. The van der Waals surface area contributed by atoms with E-state index in [-0.39, 0.29) is 11.1 Å². The number of hydrogen-bond donors (Lipinski definition) is 1. The molecule has 0 bridgehead atoms. The minimum atomic E-state index is -0.332. The Kier molecular flexibility index (Phi) is 6.00. The summed E-state index contributed by atoms with van der Waals surface area (Å²) in [5.74, 6) is 1.17. The largest absolute Gasteiger partial charge is 0.490 e. The molecule has 7 heteroatoms. The molecule has 0 spiro atoms. The highest BCUT2D eigenvalue weighted by atomic mass is 79.9. The molecule has 2 aromatic rings. The molecule has 0 atom stereocenters. The summed E-state index contributed by atoms with van der Waals surface area (Å²) in [5, 5.41) is 0.255. The van der Waals surface area contributed by atoms with E-state index in [4.69, 9.17) is 15.2 Å². The summed E-state index contributed by atoms with van der Waals surface area (Å²) in [4.78, 5) is 16.0. The molecule has 0 aromatic heterocycles. The molecule has 3 rings (SSSR count). The van der Waals surface area contributed by atoms with E-state index in [0.717, 1.165) is 33.1 Å². The van der Waals surface area contributed by atoms with Crippen molar-refractivity contribution in [3.63, 3.8) is 0 Å². The summed E-state index contributed by atoms with van der Waals surface area (Å²) in [7, 11) is 0. The predicted molar refractivity (Wildman–Crippen MR) is 109 cm³/mol. The first-order valence-electron chi connectivity index (χ1n) is 7.92. The third-order valence-electron chi connectivity index (χ3n) is 3.59. The van der Waals surface area contributed by atoms with Gasteiger partial charge in [0.05, 0.1) is 4.91 Å². The number of rotatable bonds is 6. The number of carbonyl (C=O) groups is 1. The molecular weight excluding hydrogens is 416 g/mol. The molecule has 0 saturated carbocycles. The highest BCUT2D eigenvalue weighted by molar-refractivity contribution is 9.10. The Morgan fingerprint density at radius 3 is 2.58 bits per heavy atom. The van der Waals surface area contributed by atoms with E-state index >= 15 is 0 Å². The maximum Gasteiger partial charge on any atom is 0.286 e. The first-order chi connectivity index (χ1) is 12.5. The molecular formula is C19H17BrN2O3S. The predicted octanol–water partition coefficient (Wildman–Crippen LogP) is 4.14. The van der Waals surface area contributed by atoms with Gasteiger partial charge >= 0.3 is 0 Å². The molecule has 0 radical (unpaired) electrons. The molecule has 2 N–H and O–H groups in total. The zero-order valence-corrected chi connectivity index (χ0v) is 16.5. The maximum absolute atomic E-state index is 11.8. The Bertz CT molecular complexity index is 896. The standard InChI is InChI=1S/C19H17BrN2O3S/c1-12-4-2-3-5-15(12)24-8-9-25-16-7-6-14(20)10-13(16)11-17-18(23)22-19(21)26-17/h2-7,10-11H,8-9H2,1H3,(H2,21,22,23). The van der Waals surface area contributed by atoms with Crippen LogP contribution in [0.15, 0.2) is 56.8 Å². The number of ether oxygens (including phenoxy) is 2. The second-order valence-corrected chi connectivity index (χ2v) is 7.49. The van der Waals surface area contributed by atoms with Gasteiger partial charge in [0.2, 0.25) is 0 Å². The Morgan fingerprint density at radius 1 is 1.15 bits per heavy atom. The number of halogens is 1. The normalized spacial score (nSPS) is 15.2. The monoisotopic (exact) mass is 432 g/mol. The van der Waals surface area contributed by atoms with E-state index in [1.165, 1.54) is 0 Å². The van der Waals surface area contributed by atoms with Crippen molar-refractivity contribution in [3.8, 4) is 11.5 Å². The van der Waals surface area contributed by atoms with Gasteiger partial charge < -0.3 is 15.2 Å². The van der Waals surface area contributed by atoms with E-state index < -0.39 is 0 Å². The second kappa shape index (κ2) is 8.42. The first-order valence-corrected chi connectivity index (χ1v) is 9.53. The van der Waals surface area contributed by atoms with Gasteiger partial charge in [0.15, 0.2) is 5.17 Å². The summed E-state index contributed by atoms with van der Waals surface area (Å²) in [6.07, 6.45) is 1.73. The van der Waals surface area contributed by atoms with Crippen molar-refractivity contribution in [2.45, 2.75) is 6.92 Å².